The number of aromatic amines is 1. The van der Waals surface area contributed by atoms with Gasteiger partial charge in [0.1, 0.15) is 0 Å². The van der Waals surface area contributed by atoms with Crippen LogP contribution in [0.3, 0.4) is 0 Å². The fourth-order valence-corrected chi connectivity index (χ4v) is 3.46. The van der Waals surface area contributed by atoms with Crippen molar-refractivity contribution in [1.29, 1.82) is 0 Å². The molecule has 28 heavy (non-hydrogen) atoms. The number of hydrogen-bond acceptors (Lipinski definition) is 4. The van der Waals surface area contributed by atoms with Crippen molar-refractivity contribution in [3.8, 4) is 0 Å². The Bertz CT molecular complexity index is 1020. The molecule has 2 atom stereocenters. The van der Waals surface area contributed by atoms with Gasteiger partial charge >= 0.3 is 5.97 Å². The zero-order chi connectivity index (χ0) is 19.5. The molecule has 2 heterocycles. The summed E-state index contributed by atoms with van der Waals surface area (Å²) in [5.74, 6) is -1.27. The Balaban J connectivity index is 1.63. The molecule has 142 valence electrons. The highest BCUT2D eigenvalue weighted by atomic mass is 16.5. The second kappa shape index (κ2) is 7.68. The van der Waals surface area contributed by atoms with Crippen LogP contribution < -0.4 is 5.32 Å². The third-order valence-electron chi connectivity index (χ3n) is 5.03. The third kappa shape index (κ3) is 3.53. The molecule has 3 aromatic rings. The highest BCUT2D eigenvalue weighted by molar-refractivity contribution is 6.10. The zero-order valence-electron chi connectivity index (χ0n) is 15.2. The van der Waals surface area contributed by atoms with Gasteiger partial charge in [-0.25, -0.2) is 0 Å². The van der Waals surface area contributed by atoms with Crippen molar-refractivity contribution in [2.75, 3.05) is 6.54 Å². The van der Waals surface area contributed by atoms with E-state index in [1.165, 1.54) is 0 Å². The van der Waals surface area contributed by atoms with Gasteiger partial charge in [-0.15, -0.1) is 0 Å². The fourth-order valence-electron chi connectivity index (χ4n) is 3.46. The standard InChI is InChI=1S/C22H20N2O4/c25-19-11-10-15(12-24-19)22(27)28-21(14-6-2-1-3-7-14)20(26)17-13-23-18-9-5-4-8-16(17)18/h1-9,13,15,21,23H,10-12H2,(H,24,25)/t15-,21+/m0/s1. The van der Waals surface area contributed by atoms with Crippen molar-refractivity contribution < 1.29 is 19.1 Å². The second-order valence-corrected chi connectivity index (χ2v) is 6.88. The van der Waals surface area contributed by atoms with E-state index in [4.69, 9.17) is 4.74 Å². The lowest BCUT2D eigenvalue weighted by atomic mass is 9.97. The Hall–Kier alpha value is -3.41. The van der Waals surface area contributed by atoms with E-state index in [-0.39, 0.29) is 24.7 Å². The molecule has 1 saturated heterocycles. The van der Waals surface area contributed by atoms with Crippen LogP contribution in [0, 0.1) is 5.92 Å². The molecule has 1 aromatic heterocycles. The van der Waals surface area contributed by atoms with E-state index in [9.17, 15) is 14.4 Å². The number of H-pyrrole nitrogens is 1. The number of fused-ring (bicyclic) bond motifs is 1. The van der Waals surface area contributed by atoms with Crippen molar-refractivity contribution in [2.45, 2.75) is 18.9 Å². The van der Waals surface area contributed by atoms with Gasteiger partial charge in [0.25, 0.3) is 0 Å². The number of Topliss-reactive ketones (excluding diaryl/α,β-unsaturated/α-hetero) is 1. The third-order valence-corrected chi connectivity index (χ3v) is 5.03. The number of hydrogen-bond donors (Lipinski definition) is 2. The monoisotopic (exact) mass is 376 g/mol. The zero-order valence-corrected chi connectivity index (χ0v) is 15.2. The molecule has 6 heteroatoms. The van der Waals surface area contributed by atoms with Crippen LogP contribution in [-0.4, -0.2) is 29.2 Å². The smallest absolute Gasteiger partial charge is 0.311 e. The van der Waals surface area contributed by atoms with Gasteiger partial charge in [0.05, 0.1) is 5.92 Å². The van der Waals surface area contributed by atoms with E-state index < -0.39 is 18.0 Å². The largest absolute Gasteiger partial charge is 0.449 e. The topological polar surface area (TPSA) is 88.3 Å². The van der Waals surface area contributed by atoms with Crippen LogP contribution in [0.25, 0.3) is 10.9 Å². The van der Waals surface area contributed by atoms with Crippen LogP contribution in [0.15, 0.2) is 60.8 Å². The van der Waals surface area contributed by atoms with Crippen molar-refractivity contribution in [3.05, 3.63) is 71.9 Å². The number of ketones is 1. The average Bonchev–Trinajstić information content (AvgIpc) is 3.17. The van der Waals surface area contributed by atoms with E-state index in [2.05, 4.69) is 10.3 Å². The molecule has 1 aliphatic heterocycles. The molecule has 0 spiro atoms. The number of para-hydroxylation sites is 1. The molecule has 2 aromatic carbocycles. The molecular weight excluding hydrogens is 356 g/mol. The van der Waals surface area contributed by atoms with E-state index in [0.717, 1.165) is 10.9 Å². The number of amides is 1. The minimum atomic E-state index is -1.04. The number of benzene rings is 2. The van der Waals surface area contributed by atoms with Crippen LogP contribution in [0.4, 0.5) is 0 Å². The minimum absolute atomic E-state index is 0.0708. The number of nitrogens with one attached hydrogen (secondary N) is 2. The number of esters is 1. The average molecular weight is 376 g/mol. The van der Waals surface area contributed by atoms with Crippen molar-refractivity contribution in [1.82, 2.24) is 10.3 Å². The number of piperidine rings is 1. The van der Waals surface area contributed by atoms with Gasteiger partial charge in [-0.2, -0.15) is 0 Å². The summed E-state index contributed by atoms with van der Waals surface area (Å²) in [6, 6.07) is 16.5. The summed E-state index contributed by atoms with van der Waals surface area (Å²) < 4.78 is 5.69. The Morgan fingerprint density at radius 3 is 2.54 bits per heavy atom. The van der Waals surface area contributed by atoms with Crippen molar-refractivity contribution >= 4 is 28.6 Å². The number of rotatable bonds is 5. The second-order valence-electron chi connectivity index (χ2n) is 6.88. The van der Waals surface area contributed by atoms with Crippen LogP contribution in [-0.2, 0) is 14.3 Å². The van der Waals surface area contributed by atoms with Crippen molar-refractivity contribution in [3.63, 3.8) is 0 Å². The van der Waals surface area contributed by atoms with E-state index >= 15 is 0 Å². The summed E-state index contributed by atoms with van der Waals surface area (Å²) in [4.78, 5) is 40.4. The van der Waals surface area contributed by atoms with E-state index in [1.807, 2.05) is 30.3 Å². The SMILES string of the molecule is O=C1CC[C@H](C(=O)O[C@@H](C(=O)c2c[nH]c3ccccc23)c2ccccc2)CN1. The highest BCUT2D eigenvalue weighted by Gasteiger charge is 2.32. The van der Waals surface area contributed by atoms with E-state index in [1.54, 1.807) is 30.5 Å². The molecule has 2 N–H and O–H groups in total. The fraction of sp³-hybridized carbons (Fsp3) is 0.227. The first kappa shape index (κ1) is 18.0. The molecular formula is C22H20N2O4. The first-order chi connectivity index (χ1) is 13.6. The summed E-state index contributed by atoms with van der Waals surface area (Å²) in [6.07, 6.45) is 1.32. The van der Waals surface area contributed by atoms with Gasteiger partial charge in [-0.1, -0.05) is 48.5 Å². The van der Waals surface area contributed by atoms with Crippen molar-refractivity contribution in [2.24, 2.45) is 5.92 Å². The van der Waals surface area contributed by atoms with Crippen LogP contribution in [0.5, 0.6) is 0 Å². The summed E-state index contributed by atoms with van der Waals surface area (Å²) in [6.45, 7) is 0.237. The molecule has 6 nitrogen and oxygen atoms in total. The van der Waals surface area contributed by atoms with Crippen LogP contribution >= 0.6 is 0 Å². The number of ether oxygens (including phenoxy) is 1. The molecule has 0 aliphatic carbocycles. The highest BCUT2D eigenvalue weighted by Crippen LogP contribution is 2.28. The molecule has 0 unspecified atom stereocenters. The summed E-state index contributed by atoms with van der Waals surface area (Å²) in [5.41, 5.74) is 1.94. The Kier molecular flexibility index (Phi) is 4.93. The molecule has 4 rings (SSSR count). The van der Waals surface area contributed by atoms with Gasteiger partial charge in [0.15, 0.2) is 6.10 Å². The maximum atomic E-state index is 13.3. The molecule has 1 amide bonds. The molecule has 0 bridgehead atoms. The predicted molar refractivity (Wildman–Crippen MR) is 104 cm³/mol. The first-order valence-corrected chi connectivity index (χ1v) is 9.26. The van der Waals surface area contributed by atoms with Gasteiger partial charge < -0.3 is 15.0 Å². The summed E-state index contributed by atoms with van der Waals surface area (Å²) in [7, 11) is 0. The Labute approximate surface area is 161 Å². The lowest BCUT2D eigenvalue weighted by Gasteiger charge is -2.24. The lowest BCUT2D eigenvalue weighted by molar-refractivity contribution is -0.153. The van der Waals surface area contributed by atoms with Gasteiger partial charge in [0.2, 0.25) is 11.7 Å². The van der Waals surface area contributed by atoms with Gasteiger partial charge in [-0.05, 0) is 12.5 Å². The first-order valence-electron chi connectivity index (χ1n) is 9.26. The van der Waals surface area contributed by atoms with Crippen LogP contribution in [0.1, 0.15) is 34.9 Å². The number of carbonyl (C=O) groups excluding carboxylic acids is 3. The maximum absolute atomic E-state index is 13.3. The lowest BCUT2D eigenvalue weighted by Crippen LogP contribution is -2.39. The van der Waals surface area contributed by atoms with Gasteiger partial charge in [0, 0.05) is 41.2 Å². The predicted octanol–water partition coefficient (Wildman–Crippen LogP) is 3.16. The molecule has 1 fully saturated rings. The van der Waals surface area contributed by atoms with Gasteiger partial charge in [-0.3, -0.25) is 14.4 Å². The Morgan fingerprint density at radius 2 is 1.79 bits per heavy atom. The quantitative estimate of drug-likeness (QED) is 0.529. The molecule has 0 saturated carbocycles. The maximum Gasteiger partial charge on any atom is 0.311 e. The summed E-state index contributed by atoms with van der Waals surface area (Å²) in [5, 5.41) is 3.46. The molecule has 1 aliphatic rings. The van der Waals surface area contributed by atoms with Crippen LogP contribution in [0.2, 0.25) is 0 Å². The molecule has 0 radical (unpaired) electrons. The normalized spacial score (nSPS) is 17.7. The number of carbonyl (C=O) groups is 3. The Morgan fingerprint density at radius 1 is 1.04 bits per heavy atom. The van der Waals surface area contributed by atoms with E-state index in [0.29, 0.717) is 17.5 Å². The number of aromatic nitrogens is 1. The minimum Gasteiger partial charge on any atom is -0.449 e. The summed E-state index contributed by atoms with van der Waals surface area (Å²) >= 11 is 0.